The van der Waals surface area contributed by atoms with Gasteiger partial charge in [0.15, 0.2) is 6.10 Å². The molecule has 7 heteroatoms. The number of halogens is 5. The second-order valence-electron chi connectivity index (χ2n) is 2.45. The van der Waals surface area contributed by atoms with E-state index in [4.69, 9.17) is 16.7 Å². The summed E-state index contributed by atoms with van der Waals surface area (Å²) in [5.41, 5.74) is -0.603. The molecule has 1 aromatic heterocycles. The number of aliphatic hydroxyl groups excluding tert-OH is 1. The molecule has 0 aromatic carbocycles. The molecule has 1 unspecified atom stereocenters. The number of rotatable bonds is 1. The van der Waals surface area contributed by atoms with Gasteiger partial charge in [-0.3, -0.25) is 0 Å². The molecule has 0 fully saturated rings. The van der Waals surface area contributed by atoms with Crippen molar-refractivity contribution in [1.82, 2.24) is 4.98 Å². The zero-order valence-corrected chi connectivity index (χ0v) is 8.86. The van der Waals surface area contributed by atoms with Crippen molar-refractivity contribution < 1.29 is 18.3 Å². The molecule has 1 atom stereocenters. The zero-order valence-electron chi connectivity index (χ0n) is 6.52. The maximum Gasteiger partial charge on any atom is 0.420 e. The van der Waals surface area contributed by atoms with E-state index in [0.29, 0.717) is 0 Å². The lowest BCUT2D eigenvalue weighted by molar-refractivity contribution is -0.207. The summed E-state index contributed by atoms with van der Waals surface area (Å²) in [5, 5.41) is 8.65. The van der Waals surface area contributed by atoms with Gasteiger partial charge in [0.05, 0.1) is 10.7 Å². The highest BCUT2D eigenvalue weighted by Crippen LogP contribution is 2.35. The Balaban J connectivity index is 3.12. The molecule has 0 saturated heterocycles. The summed E-state index contributed by atoms with van der Waals surface area (Å²) in [6.07, 6.45) is -7.43. The van der Waals surface area contributed by atoms with E-state index < -0.39 is 18.0 Å². The summed E-state index contributed by atoms with van der Waals surface area (Å²) in [5.74, 6) is 0. The van der Waals surface area contributed by atoms with Gasteiger partial charge in [0.2, 0.25) is 0 Å². The van der Waals surface area contributed by atoms with Gasteiger partial charge in [-0.25, -0.2) is 4.98 Å². The van der Waals surface area contributed by atoms with E-state index >= 15 is 0 Å². The normalized spacial score (nSPS) is 14.1. The van der Waals surface area contributed by atoms with Crippen molar-refractivity contribution in [1.29, 1.82) is 0 Å². The van der Waals surface area contributed by atoms with Crippen molar-refractivity contribution in [2.75, 3.05) is 0 Å². The van der Waals surface area contributed by atoms with Crippen LogP contribution in [0.4, 0.5) is 13.2 Å². The van der Waals surface area contributed by atoms with Gasteiger partial charge < -0.3 is 5.11 Å². The number of hydrogen-bond acceptors (Lipinski definition) is 2. The van der Waals surface area contributed by atoms with Gasteiger partial charge in [-0.15, -0.1) is 0 Å². The summed E-state index contributed by atoms with van der Waals surface area (Å²) >= 11 is 8.34. The standard InChI is InChI=1S/C7H4BrClF3NO/c8-4-2-1-3(9)5(13-4)6(14)7(10,11)12/h1-2,6,14H. The van der Waals surface area contributed by atoms with Crippen LogP contribution in [0.5, 0.6) is 0 Å². The van der Waals surface area contributed by atoms with E-state index in [2.05, 4.69) is 20.9 Å². The highest BCUT2D eigenvalue weighted by molar-refractivity contribution is 9.10. The Bertz CT molecular complexity index is 344. The molecular weight excluding hydrogens is 286 g/mol. The van der Waals surface area contributed by atoms with Gasteiger partial charge in [0.25, 0.3) is 0 Å². The molecule has 2 nitrogen and oxygen atoms in total. The van der Waals surface area contributed by atoms with Gasteiger partial charge in [0, 0.05) is 0 Å². The second-order valence-corrected chi connectivity index (χ2v) is 3.66. The maximum atomic E-state index is 12.1. The first-order valence-electron chi connectivity index (χ1n) is 3.39. The molecule has 1 rings (SSSR count). The Morgan fingerprint density at radius 3 is 2.50 bits per heavy atom. The predicted molar refractivity (Wildman–Crippen MR) is 48.0 cm³/mol. The molecule has 78 valence electrons. The average Bonchev–Trinajstić information content (AvgIpc) is 2.06. The predicted octanol–water partition coefficient (Wildman–Crippen LogP) is 3.09. The van der Waals surface area contributed by atoms with Gasteiger partial charge in [0.1, 0.15) is 4.60 Å². The Kier molecular flexibility index (Phi) is 3.39. The minimum atomic E-state index is -4.77. The first kappa shape index (κ1) is 11.7. The Morgan fingerprint density at radius 1 is 1.43 bits per heavy atom. The first-order chi connectivity index (χ1) is 6.32. The highest BCUT2D eigenvalue weighted by Gasteiger charge is 2.41. The Morgan fingerprint density at radius 2 is 2.00 bits per heavy atom. The maximum absolute atomic E-state index is 12.1. The Hall–Kier alpha value is -0.330. The van der Waals surface area contributed by atoms with Crippen LogP contribution in [0.2, 0.25) is 5.02 Å². The molecule has 0 amide bonds. The van der Waals surface area contributed by atoms with E-state index in [9.17, 15) is 13.2 Å². The summed E-state index contributed by atoms with van der Waals surface area (Å²) in [6.45, 7) is 0. The lowest BCUT2D eigenvalue weighted by Gasteiger charge is -2.14. The van der Waals surface area contributed by atoms with Crippen LogP contribution in [0.1, 0.15) is 11.8 Å². The van der Waals surface area contributed by atoms with Crippen molar-refractivity contribution >= 4 is 27.5 Å². The van der Waals surface area contributed by atoms with Gasteiger partial charge in [-0.05, 0) is 28.1 Å². The van der Waals surface area contributed by atoms with Crippen LogP contribution in [-0.2, 0) is 0 Å². The fourth-order valence-corrected chi connectivity index (χ4v) is 1.31. The van der Waals surface area contributed by atoms with E-state index in [1.807, 2.05) is 0 Å². The van der Waals surface area contributed by atoms with Crippen molar-refractivity contribution in [3.63, 3.8) is 0 Å². The molecule has 0 aliphatic rings. The largest absolute Gasteiger partial charge is 0.420 e. The van der Waals surface area contributed by atoms with Crippen LogP contribution in [0, 0.1) is 0 Å². The van der Waals surface area contributed by atoms with Gasteiger partial charge >= 0.3 is 6.18 Å². The summed E-state index contributed by atoms with van der Waals surface area (Å²) < 4.78 is 36.4. The molecule has 0 radical (unpaired) electrons. The zero-order chi connectivity index (χ0) is 10.9. The quantitative estimate of drug-likeness (QED) is 0.806. The summed E-state index contributed by atoms with van der Waals surface area (Å²) in [7, 11) is 0. The van der Waals surface area contributed by atoms with Crippen molar-refractivity contribution in [3.05, 3.63) is 27.5 Å². The van der Waals surface area contributed by atoms with Crippen LogP contribution in [-0.4, -0.2) is 16.3 Å². The van der Waals surface area contributed by atoms with Crippen LogP contribution >= 0.6 is 27.5 Å². The molecule has 0 spiro atoms. The van der Waals surface area contributed by atoms with E-state index in [1.54, 1.807) is 0 Å². The Labute approximate surface area is 90.8 Å². The SMILES string of the molecule is OC(c1nc(Br)ccc1Cl)C(F)(F)F. The highest BCUT2D eigenvalue weighted by atomic mass is 79.9. The van der Waals surface area contributed by atoms with Crippen LogP contribution in [0.25, 0.3) is 0 Å². The van der Waals surface area contributed by atoms with Crippen molar-refractivity contribution in [3.8, 4) is 0 Å². The number of aliphatic hydroxyl groups is 1. The summed E-state index contributed by atoms with van der Waals surface area (Å²) in [4.78, 5) is 3.45. The molecule has 1 aromatic rings. The summed E-state index contributed by atoms with van der Waals surface area (Å²) in [6, 6.07) is 2.61. The molecule has 0 aliphatic heterocycles. The molecule has 1 N–H and O–H groups in total. The smallest absolute Gasteiger partial charge is 0.378 e. The molecule has 0 bridgehead atoms. The number of aromatic nitrogens is 1. The topological polar surface area (TPSA) is 33.1 Å². The number of pyridine rings is 1. The molecule has 0 aliphatic carbocycles. The van der Waals surface area contributed by atoms with Crippen LogP contribution in [0.3, 0.4) is 0 Å². The van der Waals surface area contributed by atoms with Gasteiger partial charge in [-0.1, -0.05) is 11.6 Å². The first-order valence-corrected chi connectivity index (χ1v) is 4.56. The van der Waals surface area contributed by atoms with Crippen LogP contribution < -0.4 is 0 Å². The second kappa shape index (κ2) is 4.04. The van der Waals surface area contributed by atoms with E-state index in [0.717, 1.165) is 0 Å². The van der Waals surface area contributed by atoms with Crippen molar-refractivity contribution in [2.45, 2.75) is 12.3 Å². The third-order valence-electron chi connectivity index (χ3n) is 1.41. The van der Waals surface area contributed by atoms with Crippen molar-refractivity contribution in [2.24, 2.45) is 0 Å². The minimum absolute atomic E-state index is 0.181. The minimum Gasteiger partial charge on any atom is -0.378 e. The third kappa shape index (κ3) is 2.59. The monoisotopic (exact) mass is 289 g/mol. The molecule has 14 heavy (non-hydrogen) atoms. The van der Waals surface area contributed by atoms with E-state index in [1.165, 1.54) is 12.1 Å². The molecular formula is C7H4BrClF3NO. The fourth-order valence-electron chi connectivity index (χ4n) is 0.780. The number of nitrogens with zero attached hydrogens (tertiary/aromatic N) is 1. The lowest BCUT2D eigenvalue weighted by atomic mass is 10.2. The number of hydrogen-bond donors (Lipinski definition) is 1. The third-order valence-corrected chi connectivity index (χ3v) is 2.17. The van der Waals surface area contributed by atoms with E-state index in [-0.39, 0.29) is 9.63 Å². The fraction of sp³-hybridized carbons (Fsp3) is 0.286. The number of alkyl halides is 3. The van der Waals surface area contributed by atoms with Gasteiger partial charge in [-0.2, -0.15) is 13.2 Å². The molecule has 1 heterocycles. The average molecular weight is 290 g/mol. The van der Waals surface area contributed by atoms with Crippen LogP contribution in [0.15, 0.2) is 16.7 Å². The lowest BCUT2D eigenvalue weighted by Crippen LogP contribution is -2.21. The molecule has 0 saturated carbocycles.